The van der Waals surface area contributed by atoms with Gasteiger partial charge in [-0.3, -0.25) is 9.52 Å². The topological polar surface area (TPSA) is 125 Å². The fourth-order valence-corrected chi connectivity index (χ4v) is 4.41. The van der Waals surface area contributed by atoms with Gasteiger partial charge in [0.25, 0.3) is 10.2 Å². The molecule has 178 valence electrons. The molecule has 1 aliphatic heterocycles. The number of hydrogen-bond donors (Lipinski definition) is 4. The zero-order chi connectivity index (χ0) is 22.7. The third-order valence-corrected chi connectivity index (χ3v) is 6.04. The number of amides is 1. The number of aliphatic hydroxyl groups excluding tert-OH is 1. The molecule has 1 heterocycles. The molecule has 0 bridgehead atoms. The van der Waals surface area contributed by atoms with Gasteiger partial charge in [-0.2, -0.15) is 8.42 Å². The molecule has 0 aromatic heterocycles. The summed E-state index contributed by atoms with van der Waals surface area (Å²) >= 11 is 0. The third kappa shape index (κ3) is 6.97. The number of fused-ring (bicyclic) bond motifs is 1. The van der Waals surface area contributed by atoms with E-state index in [4.69, 9.17) is 10.2 Å². The van der Waals surface area contributed by atoms with E-state index >= 15 is 0 Å². The molecule has 1 aliphatic rings. The van der Waals surface area contributed by atoms with Crippen LogP contribution in [0, 0.1) is 19.3 Å². The van der Waals surface area contributed by atoms with Crippen molar-refractivity contribution >= 4 is 45.6 Å². The second kappa shape index (κ2) is 10.8. The number of benzene rings is 1. The van der Waals surface area contributed by atoms with E-state index in [0.29, 0.717) is 16.9 Å². The van der Waals surface area contributed by atoms with Crippen molar-refractivity contribution in [2.24, 2.45) is 10.6 Å². The maximum absolute atomic E-state index is 12.8. The standard InChI is InChI=1S/C21H36N4O4S.ClH/c1-14-16-10-12-25(11-8-6-7-9-13-26)19(16)18(23-20(27)21(3,4)5)15(2)17(14)24-30(22,28)29;/h24,26H,6-13H2,1-5H3,(H,23,27)(H2,22,28,29);1H. The van der Waals surface area contributed by atoms with Crippen LogP contribution in [0.4, 0.5) is 17.1 Å². The van der Waals surface area contributed by atoms with Gasteiger partial charge in [-0.05, 0) is 49.8 Å². The fraction of sp³-hybridized carbons (Fsp3) is 0.667. The molecule has 10 heteroatoms. The number of hydrogen-bond acceptors (Lipinski definition) is 5. The van der Waals surface area contributed by atoms with E-state index < -0.39 is 15.6 Å². The second-order valence-corrected chi connectivity index (χ2v) is 10.3. The van der Waals surface area contributed by atoms with Gasteiger partial charge in [-0.15, -0.1) is 12.4 Å². The summed E-state index contributed by atoms with van der Waals surface area (Å²) in [5.74, 6) is -0.131. The molecule has 0 atom stereocenters. The summed E-state index contributed by atoms with van der Waals surface area (Å²) in [5, 5.41) is 17.3. The van der Waals surface area contributed by atoms with Crippen LogP contribution in [0.3, 0.4) is 0 Å². The molecule has 1 aromatic carbocycles. The molecule has 0 fully saturated rings. The number of halogens is 1. The molecular weight excluding hydrogens is 440 g/mol. The molecule has 2 rings (SSSR count). The summed E-state index contributed by atoms with van der Waals surface area (Å²) in [6.45, 7) is 11.1. The summed E-state index contributed by atoms with van der Waals surface area (Å²) in [4.78, 5) is 15.1. The maximum Gasteiger partial charge on any atom is 0.296 e. The average Bonchev–Trinajstić information content (AvgIpc) is 3.04. The van der Waals surface area contributed by atoms with Crippen LogP contribution >= 0.6 is 12.4 Å². The highest BCUT2D eigenvalue weighted by Crippen LogP contribution is 2.45. The van der Waals surface area contributed by atoms with Gasteiger partial charge in [0.15, 0.2) is 0 Å². The minimum atomic E-state index is -3.95. The Hall–Kier alpha value is -1.55. The lowest BCUT2D eigenvalue weighted by Crippen LogP contribution is -2.30. The Morgan fingerprint density at radius 3 is 2.26 bits per heavy atom. The molecule has 0 saturated heterocycles. The van der Waals surface area contributed by atoms with Gasteiger partial charge in [0.05, 0.1) is 17.1 Å². The Kier molecular flexibility index (Phi) is 9.62. The van der Waals surface area contributed by atoms with Crippen LogP contribution in [-0.4, -0.2) is 39.1 Å². The van der Waals surface area contributed by atoms with E-state index in [1.807, 2.05) is 27.7 Å². The number of nitrogens with two attached hydrogens (primary N) is 1. The van der Waals surface area contributed by atoms with Crippen molar-refractivity contribution in [3.63, 3.8) is 0 Å². The van der Waals surface area contributed by atoms with Gasteiger partial charge in [0.2, 0.25) is 5.91 Å². The van der Waals surface area contributed by atoms with Gasteiger partial charge < -0.3 is 15.3 Å². The number of nitrogens with one attached hydrogen (secondary N) is 2. The van der Waals surface area contributed by atoms with E-state index in [2.05, 4.69) is 14.9 Å². The van der Waals surface area contributed by atoms with Crippen LogP contribution in [0.1, 0.15) is 63.1 Å². The Labute approximate surface area is 192 Å². The Balaban J connectivity index is 0.00000480. The summed E-state index contributed by atoms with van der Waals surface area (Å²) in [5.41, 5.74) is 4.00. The SMILES string of the molecule is Cc1c2c(c(NC(=O)C(C)(C)C)c(C)c1NS(N)(=O)=O)N(CCCCCCO)CC2.Cl. The highest BCUT2D eigenvalue weighted by molar-refractivity contribution is 7.90. The fourth-order valence-electron chi connectivity index (χ4n) is 3.82. The van der Waals surface area contributed by atoms with Crippen molar-refractivity contribution in [3.8, 4) is 0 Å². The summed E-state index contributed by atoms with van der Waals surface area (Å²) in [6, 6.07) is 0. The first-order valence-electron chi connectivity index (χ1n) is 10.5. The molecular formula is C21H37ClN4O4S. The average molecular weight is 477 g/mol. The minimum absolute atomic E-state index is 0. The molecule has 0 aliphatic carbocycles. The monoisotopic (exact) mass is 476 g/mol. The molecule has 31 heavy (non-hydrogen) atoms. The molecule has 0 saturated carbocycles. The van der Waals surface area contributed by atoms with Crippen LogP contribution in [0.15, 0.2) is 0 Å². The lowest BCUT2D eigenvalue weighted by atomic mass is 9.94. The molecule has 0 unspecified atom stereocenters. The number of unbranched alkanes of at least 4 members (excludes halogenated alkanes) is 3. The Morgan fingerprint density at radius 2 is 1.71 bits per heavy atom. The molecule has 0 spiro atoms. The third-order valence-electron chi connectivity index (χ3n) is 5.55. The minimum Gasteiger partial charge on any atom is -0.396 e. The molecule has 1 amide bonds. The van der Waals surface area contributed by atoms with Crippen molar-refractivity contribution in [1.29, 1.82) is 0 Å². The number of carbonyl (C=O) groups excluding carboxylic acids is 1. The maximum atomic E-state index is 12.8. The predicted molar refractivity (Wildman–Crippen MR) is 129 cm³/mol. The number of anilines is 3. The predicted octanol–water partition coefficient (Wildman–Crippen LogP) is 3.24. The van der Waals surface area contributed by atoms with Crippen molar-refractivity contribution in [1.82, 2.24) is 0 Å². The van der Waals surface area contributed by atoms with Crippen molar-refractivity contribution in [2.75, 3.05) is 34.6 Å². The van der Waals surface area contributed by atoms with Gasteiger partial charge >= 0.3 is 0 Å². The largest absolute Gasteiger partial charge is 0.396 e. The highest BCUT2D eigenvalue weighted by atomic mass is 35.5. The number of carbonyl (C=O) groups is 1. The molecule has 5 N–H and O–H groups in total. The van der Waals surface area contributed by atoms with Crippen LogP contribution in [0.25, 0.3) is 0 Å². The second-order valence-electron chi connectivity index (χ2n) is 9.05. The first kappa shape index (κ1) is 27.5. The number of rotatable bonds is 9. The molecule has 8 nitrogen and oxygen atoms in total. The van der Waals surface area contributed by atoms with Gasteiger partial charge in [0.1, 0.15) is 0 Å². The van der Waals surface area contributed by atoms with Crippen LogP contribution in [-0.2, 0) is 21.4 Å². The van der Waals surface area contributed by atoms with Crippen LogP contribution in [0.5, 0.6) is 0 Å². The quantitative estimate of drug-likeness (QED) is 0.407. The normalized spacial score (nSPS) is 13.6. The lowest BCUT2D eigenvalue weighted by molar-refractivity contribution is -0.123. The van der Waals surface area contributed by atoms with E-state index in [0.717, 1.165) is 62.0 Å². The zero-order valence-electron chi connectivity index (χ0n) is 19.2. The van der Waals surface area contributed by atoms with Crippen LogP contribution < -0.4 is 20.1 Å². The van der Waals surface area contributed by atoms with E-state index in [9.17, 15) is 13.2 Å². The van der Waals surface area contributed by atoms with E-state index in [-0.39, 0.29) is 24.9 Å². The van der Waals surface area contributed by atoms with Gasteiger partial charge in [-0.1, -0.05) is 33.6 Å². The lowest BCUT2D eigenvalue weighted by Gasteiger charge is -2.28. The van der Waals surface area contributed by atoms with Gasteiger partial charge in [0, 0.05) is 25.1 Å². The van der Waals surface area contributed by atoms with E-state index in [1.54, 1.807) is 6.92 Å². The van der Waals surface area contributed by atoms with E-state index in [1.165, 1.54) is 0 Å². The Bertz CT molecular complexity index is 898. The smallest absolute Gasteiger partial charge is 0.296 e. The van der Waals surface area contributed by atoms with Crippen LogP contribution in [0.2, 0.25) is 0 Å². The Morgan fingerprint density at radius 1 is 1.10 bits per heavy atom. The van der Waals surface area contributed by atoms with Crippen molar-refractivity contribution in [3.05, 3.63) is 16.7 Å². The first-order valence-corrected chi connectivity index (χ1v) is 12.0. The summed E-state index contributed by atoms with van der Waals surface area (Å²) in [6.07, 6.45) is 4.58. The summed E-state index contributed by atoms with van der Waals surface area (Å²) < 4.78 is 25.9. The summed E-state index contributed by atoms with van der Waals surface area (Å²) in [7, 11) is -3.95. The first-order chi connectivity index (χ1) is 13.9. The molecule has 1 aromatic rings. The highest BCUT2D eigenvalue weighted by Gasteiger charge is 2.31. The van der Waals surface area contributed by atoms with Gasteiger partial charge in [-0.25, -0.2) is 5.14 Å². The number of aliphatic hydroxyl groups is 1. The zero-order valence-corrected chi connectivity index (χ0v) is 20.8. The van der Waals surface area contributed by atoms with Crippen molar-refractivity contribution < 1.29 is 18.3 Å². The molecule has 0 radical (unpaired) electrons. The number of nitrogens with zero attached hydrogens (tertiary/aromatic N) is 1. The van der Waals surface area contributed by atoms with Crippen molar-refractivity contribution in [2.45, 2.75) is 66.7 Å².